The van der Waals surface area contributed by atoms with Gasteiger partial charge in [-0.1, -0.05) is 27.2 Å². The van der Waals surface area contributed by atoms with Crippen molar-refractivity contribution in [3.05, 3.63) is 0 Å². The van der Waals surface area contributed by atoms with Gasteiger partial charge in [-0.3, -0.25) is 0 Å². The third-order valence-corrected chi connectivity index (χ3v) is 6.83. The lowest BCUT2D eigenvalue weighted by Crippen LogP contribution is -2.58. The van der Waals surface area contributed by atoms with E-state index in [1.807, 2.05) is 11.8 Å². The van der Waals surface area contributed by atoms with E-state index >= 15 is 0 Å². The summed E-state index contributed by atoms with van der Waals surface area (Å²) in [7, 11) is 1.43. The number of hydrogen-bond donors (Lipinski definition) is 3. The number of aliphatic hydroxyl groups is 3. The summed E-state index contributed by atoms with van der Waals surface area (Å²) in [6.45, 7) is 6.86. The Morgan fingerprint density at radius 1 is 1.13 bits per heavy atom. The fraction of sp³-hybridized carbons (Fsp3) is 1.00. The number of ether oxygens (including phenoxy) is 2. The summed E-state index contributed by atoms with van der Waals surface area (Å²) < 4.78 is 10.7. The average Bonchev–Trinajstić information content (AvgIpc) is 2.52. The Balaban J connectivity index is 1.95. The maximum Gasteiger partial charge on any atom is 0.186 e. The third kappa shape index (κ3) is 4.61. The molecule has 0 radical (unpaired) electrons. The molecule has 23 heavy (non-hydrogen) atoms. The molecule has 0 aromatic heterocycles. The second kappa shape index (κ2) is 8.50. The van der Waals surface area contributed by atoms with Crippen LogP contribution in [0.1, 0.15) is 40.0 Å². The van der Waals surface area contributed by atoms with Crippen LogP contribution in [0.5, 0.6) is 0 Å². The Morgan fingerprint density at radius 2 is 1.83 bits per heavy atom. The minimum absolute atomic E-state index is 0.520. The fourth-order valence-corrected chi connectivity index (χ4v) is 5.65. The van der Waals surface area contributed by atoms with Gasteiger partial charge in [0.25, 0.3) is 0 Å². The van der Waals surface area contributed by atoms with Crippen molar-refractivity contribution in [2.45, 2.75) is 76.0 Å². The van der Waals surface area contributed by atoms with E-state index in [1.54, 1.807) is 0 Å². The Kier molecular flexibility index (Phi) is 7.19. The van der Waals surface area contributed by atoms with Crippen LogP contribution in [0.25, 0.3) is 0 Å². The van der Waals surface area contributed by atoms with Gasteiger partial charge < -0.3 is 24.8 Å². The van der Waals surface area contributed by atoms with Gasteiger partial charge in [-0.15, -0.1) is 0 Å². The standard InChI is InChI=1S/C17H32O5S/c1-9(2)11-6-5-10(3)7-13(11)23-8-12-14(18)15(19)16(20)17(21-4)22-12/h9-20H,5-8H2,1-4H3/t10-,11+,12-,13+,14+,15+,16-,17+/m1/s1. The summed E-state index contributed by atoms with van der Waals surface area (Å²) in [6, 6.07) is 0. The van der Waals surface area contributed by atoms with Crippen LogP contribution >= 0.6 is 11.8 Å². The topological polar surface area (TPSA) is 79.2 Å². The zero-order chi connectivity index (χ0) is 17.1. The van der Waals surface area contributed by atoms with Crippen molar-refractivity contribution in [2.24, 2.45) is 17.8 Å². The summed E-state index contributed by atoms with van der Waals surface area (Å²) >= 11 is 1.83. The van der Waals surface area contributed by atoms with Crippen LogP contribution in [-0.4, -0.2) is 64.1 Å². The molecule has 136 valence electrons. The highest BCUT2D eigenvalue weighted by atomic mass is 32.2. The van der Waals surface area contributed by atoms with Gasteiger partial charge >= 0.3 is 0 Å². The first-order valence-corrected chi connectivity index (χ1v) is 9.74. The molecule has 0 spiro atoms. The van der Waals surface area contributed by atoms with E-state index in [9.17, 15) is 15.3 Å². The Labute approximate surface area is 143 Å². The zero-order valence-corrected chi connectivity index (χ0v) is 15.4. The lowest BCUT2D eigenvalue weighted by Gasteiger charge is -2.41. The summed E-state index contributed by atoms with van der Waals surface area (Å²) in [5.74, 6) is 2.67. The first kappa shape index (κ1) is 19.5. The summed E-state index contributed by atoms with van der Waals surface area (Å²) in [6.07, 6.45) is -1.19. The molecular weight excluding hydrogens is 316 g/mol. The van der Waals surface area contributed by atoms with E-state index in [0.717, 1.165) is 5.92 Å². The van der Waals surface area contributed by atoms with Crippen molar-refractivity contribution in [2.75, 3.05) is 12.9 Å². The largest absolute Gasteiger partial charge is 0.388 e. The smallest absolute Gasteiger partial charge is 0.186 e. The predicted molar refractivity (Wildman–Crippen MR) is 91.3 cm³/mol. The Bertz CT molecular complexity index is 365. The van der Waals surface area contributed by atoms with Crippen molar-refractivity contribution >= 4 is 11.8 Å². The molecule has 0 aromatic carbocycles. The molecular formula is C17H32O5S. The normalized spacial score (nSPS) is 45.4. The van der Waals surface area contributed by atoms with Crippen LogP contribution in [-0.2, 0) is 9.47 Å². The van der Waals surface area contributed by atoms with Gasteiger partial charge in [0.05, 0.1) is 6.10 Å². The van der Waals surface area contributed by atoms with Crippen LogP contribution in [0.15, 0.2) is 0 Å². The summed E-state index contributed by atoms with van der Waals surface area (Å²) in [4.78, 5) is 0. The van der Waals surface area contributed by atoms with Gasteiger partial charge in [-0.25, -0.2) is 0 Å². The molecule has 1 aliphatic heterocycles. The first-order valence-electron chi connectivity index (χ1n) is 8.69. The molecule has 6 heteroatoms. The highest BCUT2D eigenvalue weighted by Crippen LogP contribution is 2.41. The van der Waals surface area contributed by atoms with Crippen LogP contribution in [0, 0.1) is 17.8 Å². The first-order chi connectivity index (χ1) is 10.8. The van der Waals surface area contributed by atoms with Crippen molar-refractivity contribution in [1.29, 1.82) is 0 Å². The lowest BCUT2D eigenvalue weighted by molar-refractivity contribution is -0.284. The number of methoxy groups -OCH3 is 1. The minimum Gasteiger partial charge on any atom is -0.388 e. The molecule has 1 heterocycles. The molecule has 1 aliphatic carbocycles. The second-order valence-corrected chi connectivity index (χ2v) is 8.72. The van der Waals surface area contributed by atoms with Crippen molar-refractivity contribution in [1.82, 2.24) is 0 Å². The van der Waals surface area contributed by atoms with Gasteiger partial charge in [-0.05, 0) is 30.6 Å². The molecule has 0 amide bonds. The lowest BCUT2D eigenvalue weighted by atomic mass is 9.77. The van der Waals surface area contributed by atoms with E-state index in [1.165, 1.54) is 26.4 Å². The van der Waals surface area contributed by atoms with Crippen LogP contribution in [0.2, 0.25) is 0 Å². The average molecular weight is 349 g/mol. The molecule has 1 saturated carbocycles. The zero-order valence-electron chi connectivity index (χ0n) is 14.6. The van der Waals surface area contributed by atoms with Gasteiger partial charge in [0.15, 0.2) is 6.29 Å². The van der Waals surface area contributed by atoms with Crippen molar-refractivity contribution < 1.29 is 24.8 Å². The van der Waals surface area contributed by atoms with Crippen LogP contribution in [0.4, 0.5) is 0 Å². The van der Waals surface area contributed by atoms with Gasteiger partial charge in [0, 0.05) is 18.1 Å². The Morgan fingerprint density at radius 3 is 2.43 bits per heavy atom. The molecule has 0 bridgehead atoms. The molecule has 2 rings (SSSR count). The van der Waals surface area contributed by atoms with Crippen molar-refractivity contribution in [3.8, 4) is 0 Å². The molecule has 8 atom stereocenters. The Hall–Kier alpha value is 0.150. The second-order valence-electron chi connectivity index (χ2n) is 7.45. The molecule has 0 unspecified atom stereocenters. The van der Waals surface area contributed by atoms with Gasteiger partial charge in [0.1, 0.15) is 18.3 Å². The SMILES string of the molecule is CO[C@H]1O[C@H](CS[C@H]2C[C@H](C)CC[C@H]2C(C)C)[C@H](O)[C@H](O)[C@H]1O. The monoisotopic (exact) mass is 348 g/mol. The molecule has 2 fully saturated rings. The van der Waals surface area contributed by atoms with E-state index < -0.39 is 30.7 Å². The molecule has 3 N–H and O–H groups in total. The van der Waals surface area contributed by atoms with Gasteiger partial charge in [-0.2, -0.15) is 11.8 Å². The molecule has 1 saturated heterocycles. The highest BCUT2D eigenvalue weighted by molar-refractivity contribution is 7.99. The van der Waals surface area contributed by atoms with E-state index in [-0.39, 0.29) is 0 Å². The fourth-order valence-electron chi connectivity index (χ4n) is 3.77. The van der Waals surface area contributed by atoms with E-state index in [4.69, 9.17) is 9.47 Å². The minimum atomic E-state index is -1.23. The summed E-state index contributed by atoms with van der Waals surface area (Å²) in [5, 5.41) is 30.5. The van der Waals surface area contributed by atoms with Crippen LogP contribution in [0.3, 0.4) is 0 Å². The van der Waals surface area contributed by atoms with Crippen molar-refractivity contribution in [3.63, 3.8) is 0 Å². The number of thioether (sulfide) groups is 1. The van der Waals surface area contributed by atoms with Crippen LogP contribution < -0.4 is 0 Å². The molecule has 5 nitrogen and oxygen atoms in total. The highest BCUT2D eigenvalue weighted by Gasteiger charge is 2.44. The predicted octanol–water partition coefficient (Wildman–Crippen LogP) is 1.63. The maximum atomic E-state index is 10.2. The number of hydrogen-bond acceptors (Lipinski definition) is 6. The number of aliphatic hydroxyl groups excluding tert-OH is 3. The third-order valence-electron chi connectivity index (χ3n) is 5.34. The quantitative estimate of drug-likeness (QED) is 0.701. The van der Waals surface area contributed by atoms with E-state index in [2.05, 4.69) is 20.8 Å². The van der Waals surface area contributed by atoms with E-state index in [0.29, 0.717) is 22.8 Å². The number of rotatable bonds is 5. The maximum absolute atomic E-state index is 10.2. The van der Waals surface area contributed by atoms with Gasteiger partial charge in [0.2, 0.25) is 0 Å². The molecule has 2 aliphatic rings. The summed E-state index contributed by atoms with van der Waals surface area (Å²) in [5.41, 5.74) is 0. The molecule has 0 aromatic rings.